The molecule has 3 N–H and O–H groups in total. The number of aromatic carboxylic acids is 1. The highest BCUT2D eigenvalue weighted by molar-refractivity contribution is 14.1. The van der Waals surface area contributed by atoms with E-state index >= 15 is 0 Å². The summed E-state index contributed by atoms with van der Waals surface area (Å²) in [5.74, 6) is -1.25. The lowest BCUT2D eigenvalue weighted by Gasteiger charge is -2.10. The van der Waals surface area contributed by atoms with Gasteiger partial charge in [-0.3, -0.25) is 0 Å². The molecule has 0 unspecified atom stereocenters. The van der Waals surface area contributed by atoms with Crippen LogP contribution in [0, 0.1) is 3.57 Å². The normalized spacial score (nSPS) is 10.5. The molecule has 7 heteroatoms. The fraction of sp³-hybridized carbons (Fsp3) is 0. The number of anilines is 1. The minimum atomic E-state index is -1.25. The van der Waals surface area contributed by atoms with Gasteiger partial charge in [0.2, 0.25) is 0 Å². The zero-order chi connectivity index (χ0) is 14.2. The highest BCUT2D eigenvalue weighted by Crippen LogP contribution is 2.37. The SMILES string of the molecule is Nc1c(Cl)c(C(=O)O)nc(-c2ccc(I)cc2)c1Cl. The summed E-state index contributed by atoms with van der Waals surface area (Å²) in [6.07, 6.45) is 0. The quantitative estimate of drug-likeness (QED) is 0.738. The molecule has 2 aromatic rings. The number of rotatable bonds is 2. The van der Waals surface area contributed by atoms with Gasteiger partial charge < -0.3 is 10.8 Å². The average Bonchev–Trinajstić information content (AvgIpc) is 2.37. The third-order valence-corrected chi connectivity index (χ3v) is 3.92. The van der Waals surface area contributed by atoms with E-state index in [4.69, 9.17) is 34.0 Å². The molecule has 1 aromatic heterocycles. The Morgan fingerprint density at radius 3 is 2.32 bits per heavy atom. The molecule has 0 saturated heterocycles. The fourth-order valence-electron chi connectivity index (χ4n) is 1.50. The molecule has 98 valence electrons. The molecular formula is C12H7Cl2IN2O2. The molecule has 1 aromatic carbocycles. The van der Waals surface area contributed by atoms with Crippen molar-refractivity contribution in [1.82, 2.24) is 4.98 Å². The minimum absolute atomic E-state index is 0.0179. The molecule has 0 amide bonds. The summed E-state index contributed by atoms with van der Waals surface area (Å²) in [6, 6.07) is 7.29. The van der Waals surface area contributed by atoms with Crippen LogP contribution < -0.4 is 5.73 Å². The standard InChI is InChI=1S/C12H7Cl2IN2O2/c13-7-9(16)8(14)11(12(18)19)17-10(7)5-1-3-6(15)4-2-5/h1-4H,(H2,16,17)(H,18,19). The summed E-state index contributed by atoms with van der Waals surface area (Å²) in [7, 11) is 0. The Kier molecular flexibility index (Phi) is 4.17. The number of aromatic nitrogens is 1. The van der Waals surface area contributed by atoms with E-state index in [0.717, 1.165) is 3.57 Å². The molecule has 0 radical (unpaired) electrons. The Morgan fingerprint density at radius 2 is 1.79 bits per heavy atom. The van der Waals surface area contributed by atoms with Gasteiger partial charge in [0.1, 0.15) is 0 Å². The first-order valence-electron chi connectivity index (χ1n) is 5.05. The van der Waals surface area contributed by atoms with Crippen molar-refractivity contribution >= 4 is 57.4 Å². The molecule has 0 saturated carbocycles. The number of nitrogens with two attached hydrogens (primary N) is 1. The molecule has 0 aliphatic rings. The Labute approximate surface area is 132 Å². The van der Waals surface area contributed by atoms with Crippen molar-refractivity contribution in [3.05, 3.63) is 43.6 Å². The maximum atomic E-state index is 11.1. The molecule has 0 spiro atoms. The van der Waals surface area contributed by atoms with Crippen molar-refractivity contribution in [1.29, 1.82) is 0 Å². The van der Waals surface area contributed by atoms with Crippen LogP contribution in [0.1, 0.15) is 10.5 Å². The third kappa shape index (κ3) is 2.77. The number of carboxylic acids is 1. The van der Waals surface area contributed by atoms with Crippen molar-refractivity contribution in [2.75, 3.05) is 5.73 Å². The number of hydrogen-bond acceptors (Lipinski definition) is 3. The van der Waals surface area contributed by atoms with Crippen LogP contribution in [0.25, 0.3) is 11.3 Å². The lowest BCUT2D eigenvalue weighted by Crippen LogP contribution is -2.06. The smallest absolute Gasteiger partial charge is 0.356 e. The second-order valence-electron chi connectivity index (χ2n) is 3.66. The van der Waals surface area contributed by atoms with Crippen LogP contribution in [0.4, 0.5) is 5.69 Å². The van der Waals surface area contributed by atoms with E-state index in [1.807, 2.05) is 12.1 Å². The van der Waals surface area contributed by atoms with Crippen LogP contribution in [0.3, 0.4) is 0 Å². The molecule has 4 nitrogen and oxygen atoms in total. The lowest BCUT2D eigenvalue weighted by atomic mass is 10.1. The van der Waals surface area contributed by atoms with Gasteiger partial charge in [0.25, 0.3) is 0 Å². The van der Waals surface area contributed by atoms with Crippen molar-refractivity contribution in [3.63, 3.8) is 0 Å². The highest BCUT2D eigenvalue weighted by Gasteiger charge is 2.20. The molecular weight excluding hydrogens is 402 g/mol. The van der Waals surface area contributed by atoms with Gasteiger partial charge in [-0.15, -0.1) is 0 Å². The highest BCUT2D eigenvalue weighted by atomic mass is 127. The van der Waals surface area contributed by atoms with Crippen LogP contribution in [0.5, 0.6) is 0 Å². The first kappa shape index (κ1) is 14.4. The van der Waals surface area contributed by atoms with Gasteiger partial charge in [-0.1, -0.05) is 35.3 Å². The number of benzene rings is 1. The monoisotopic (exact) mass is 408 g/mol. The van der Waals surface area contributed by atoms with Gasteiger partial charge in [0.15, 0.2) is 5.69 Å². The summed E-state index contributed by atoms with van der Waals surface area (Å²) >= 11 is 14.1. The second kappa shape index (κ2) is 5.52. The zero-order valence-corrected chi connectivity index (χ0v) is 13.0. The number of carbonyl (C=O) groups is 1. The van der Waals surface area contributed by atoms with Crippen molar-refractivity contribution in [2.45, 2.75) is 0 Å². The van der Waals surface area contributed by atoms with Gasteiger partial charge in [0.05, 0.1) is 21.4 Å². The predicted molar refractivity (Wildman–Crippen MR) is 83.8 cm³/mol. The van der Waals surface area contributed by atoms with E-state index in [1.165, 1.54) is 0 Å². The number of nitrogens with zero attached hydrogens (tertiary/aromatic N) is 1. The van der Waals surface area contributed by atoms with Crippen molar-refractivity contribution in [2.24, 2.45) is 0 Å². The molecule has 0 bridgehead atoms. The molecule has 19 heavy (non-hydrogen) atoms. The van der Waals surface area contributed by atoms with Crippen LogP contribution in [0.2, 0.25) is 10.0 Å². The Bertz CT molecular complexity index is 660. The number of nitrogen functional groups attached to an aromatic ring is 1. The predicted octanol–water partition coefficient (Wildman–Crippen LogP) is 3.94. The summed E-state index contributed by atoms with van der Waals surface area (Å²) in [5, 5.41) is 9.05. The van der Waals surface area contributed by atoms with Crippen LogP contribution in [-0.2, 0) is 0 Å². The Morgan fingerprint density at radius 1 is 1.21 bits per heavy atom. The first-order valence-corrected chi connectivity index (χ1v) is 6.89. The van der Waals surface area contributed by atoms with Crippen molar-refractivity contribution < 1.29 is 9.90 Å². The van der Waals surface area contributed by atoms with E-state index in [0.29, 0.717) is 11.3 Å². The fourth-order valence-corrected chi connectivity index (χ4v) is 2.37. The maximum Gasteiger partial charge on any atom is 0.356 e. The van der Waals surface area contributed by atoms with E-state index in [-0.39, 0.29) is 21.4 Å². The largest absolute Gasteiger partial charge is 0.476 e. The van der Waals surface area contributed by atoms with Crippen LogP contribution in [-0.4, -0.2) is 16.1 Å². The Hall–Kier alpha value is -1.05. The zero-order valence-electron chi connectivity index (χ0n) is 9.32. The number of pyridine rings is 1. The number of hydrogen-bond donors (Lipinski definition) is 2. The minimum Gasteiger partial charge on any atom is -0.476 e. The molecule has 0 fully saturated rings. The van der Waals surface area contributed by atoms with Crippen LogP contribution >= 0.6 is 45.8 Å². The molecule has 1 heterocycles. The van der Waals surface area contributed by atoms with Gasteiger partial charge in [0, 0.05) is 9.13 Å². The van der Waals surface area contributed by atoms with Gasteiger partial charge in [-0.2, -0.15) is 0 Å². The lowest BCUT2D eigenvalue weighted by molar-refractivity contribution is 0.0691. The third-order valence-electron chi connectivity index (χ3n) is 2.43. The Balaban J connectivity index is 2.70. The summed E-state index contributed by atoms with van der Waals surface area (Å²) in [5.41, 5.74) is 6.41. The molecule has 0 aliphatic heterocycles. The molecule has 0 atom stereocenters. The first-order chi connectivity index (χ1) is 8.91. The average molecular weight is 409 g/mol. The van der Waals surface area contributed by atoms with E-state index in [9.17, 15) is 4.79 Å². The van der Waals surface area contributed by atoms with Gasteiger partial charge in [-0.25, -0.2) is 9.78 Å². The van der Waals surface area contributed by atoms with E-state index < -0.39 is 5.97 Å². The van der Waals surface area contributed by atoms with E-state index in [2.05, 4.69) is 27.6 Å². The number of halogens is 3. The van der Waals surface area contributed by atoms with Crippen LogP contribution in [0.15, 0.2) is 24.3 Å². The molecule has 0 aliphatic carbocycles. The van der Waals surface area contributed by atoms with Gasteiger partial charge >= 0.3 is 5.97 Å². The number of carboxylic acid groups (broad SMARTS) is 1. The van der Waals surface area contributed by atoms with Crippen molar-refractivity contribution in [3.8, 4) is 11.3 Å². The maximum absolute atomic E-state index is 11.1. The second-order valence-corrected chi connectivity index (χ2v) is 5.66. The summed E-state index contributed by atoms with van der Waals surface area (Å²) < 4.78 is 1.04. The van der Waals surface area contributed by atoms with Gasteiger partial charge in [-0.05, 0) is 34.7 Å². The van der Waals surface area contributed by atoms with E-state index in [1.54, 1.807) is 12.1 Å². The topological polar surface area (TPSA) is 76.2 Å². The summed E-state index contributed by atoms with van der Waals surface area (Å²) in [6.45, 7) is 0. The molecule has 2 rings (SSSR count). The summed E-state index contributed by atoms with van der Waals surface area (Å²) in [4.78, 5) is 15.1.